The van der Waals surface area contributed by atoms with Crippen molar-refractivity contribution in [1.29, 1.82) is 0 Å². The molecule has 2 aromatic rings. The predicted octanol–water partition coefficient (Wildman–Crippen LogP) is 3.97. The molecule has 126 valence electrons. The zero-order chi connectivity index (χ0) is 17.1. The minimum Gasteiger partial charge on any atom is -0.368 e. The Bertz CT molecular complexity index is 748. The predicted molar refractivity (Wildman–Crippen MR) is 90.6 cm³/mol. The molecule has 1 heterocycles. The zero-order valence-electron chi connectivity index (χ0n) is 12.8. The maximum absolute atomic E-state index is 13.3. The summed E-state index contributed by atoms with van der Waals surface area (Å²) >= 11 is 5.90. The third-order valence-corrected chi connectivity index (χ3v) is 4.15. The number of hydrogen-bond donors (Lipinski definition) is 1. The fourth-order valence-corrected chi connectivity index (χ4v) is 2.81. The van der Waals surface area contributed by atoms with Gasteiger partial charge in [-0.15, -0.1) is 0 Å². The molecular formula is C17H16ClF2N3O. The van der Waals surface area contributed by atoms with Crippen molar-refractivity contribution in [3.63, 3.8) is 0 Å². The van der Waals surface area contributed by atoms with Crippen molar-refractivity contribution < 1.29 is 13.6 Å². The van der Waals surface area contributed by atoms with Crippen LogP contribution in [0, 0.1) is 11.6 Å². The second kappa shape index (κ2) is 7.05. The molecule has 1 fully saturated rings. The molecule has 1 N–H and O–H groups in total. The van der Waals surface area contributed by atoms with Gasteiger partial charge in [0, 0.05) is 48.6 Å². The Morgan fingerprint density at radius 2 is 1.75 bits per heavy atom. The van der Waals surface area contributed by atoms with Gasteiger partial charge in [0.1, 0.15) is 0 Å². The van der Waals surface area contributed by atoms with Crippen LogP contribution < -0.4 is 10.2 Å². The molecule has 0 saturated carbocycles. The van der Waals surface area contributed by atoms with Gasteiger partial charge in [0.15, 0.2) is 11.6 Å². The number of halogens is 3. The van der Waals surface area contributed by atoms with Gasteiger partial charge in [-0.1, -0.05) is 17.7 Å². The molecule has 0 atom stereocenters. The number of anilines is 2. The number of hydrogen-bond acceptors (Lipinski definition) is 2. The summed E-state index contributed by atoms with van der Waals surface area (Å²) < 4.78 is 26.3. The van der Waals surface area contributed by atoms with Gasteiger partial charge in [-0.25, -0.2) is 13.6 Å². The van der Waals surface area contributed by atoms with Crippen LogP contribution in [0.5, 0.6) is 0 Å². The molecule has 0 spiro atoms. The maximum Gasteiger partial charge on any atom is 0.321 e. The standard InChI is InChI=1S/C17H16ClF2N3O/c18-12-2-1-3-13(10-12)21-17(24)23-8-6-22(7-9-23)14-4-5-15(19)16(20)11-14/h1-5,10-11H,6-9H2,(H,21,24). The van der Waals surface area contributed by atoms with E-state index in [0.717, 1.165) is 6.07 Å². The van der Waals surface area contributed by atoms with E-state index in [1.807, 2.05) is 4.90 Å². The third-order valence-electron chi connectivity index (χ3n) is 3.91. The number of carbonyl (C=O) groups is 1. The molecule has 0 aromatic heterocycles. The molecule has 4 nitrogen and oxygen atoms in total. The number of nitrogens with one attached hydrogen (secondary N) is 1. The van der Waals surface area contributed by atoms with Crippen molar-refractivity contribution in [2.45, 2.75) is 0 Å². The van der Waals surface area contributed by atoms with Gasteiger partial charge in [-0.2, -0.15) is 0 Å². The van der Waals surface area contributed by atoms with Gasteiger partial charge in [0.2, 0.25) is 0 Å². The van der Waals surface area contributed by atoms with Crippen molar-refractivity contribution in [3.05, 3.63) is 59.1 Å². The molecule has 0 radical (unpaired) electrons. The quantitative estimate of drug-likeness (QED) is 0.888. The van der Waals surface area contributed by atoms with E-state index in [2.05, 4.69) is 5.32 Å². The van der Waals surface area contributed by atoms with E-state index < -0.39 is 11.6 Å². The average molecular weight is 352 g/mol. The number of amides is 2. The molecule has 0 bridgehead atoms. The topological polar surface area (TPSA) is 35.6 Å². The van der Waals surface area contributed by atoms with Crippen LogP contribution in [0.15, 0.2) is 42.5 Å². The fourth-order valence-electron chi connectivity index (χ4n) is 2.62. The molecule has 24 heavy (non-hydrogen) atoms. The minimum atomic E-state index is -0.867. The van der Waals surface area contributed by atoms with Crippen LogP contribution in [0.2, 0.25) is 5.02 Å². The van der Waals surface area contributed by atoms with Gasteiger partial charge in [0.25, 0.3) is 0 Å². The molecule has 2 amide bonds. The highest BCUT2D eigenvalue weighted by molar-refractivity contribution is 6.30. The van der Waals surface area contributed by atoms with Crippen LogP contribution in [0.3, 0.4) is 0 Å². The first-order chi connectivity index (χ1) is 11.5. The molecule has 1 aliphatic rings. The molecule has 1 aliphatic heterocycles. The van der Waals surface area contributed by atoms with Gasteiger partial charge in [-0.05, 0) is 30.3 Å². The van der Waals surface area contributed by atoms with Gasteiger partial charge in [0.05, 0.1) is 0 Å². The lowest BCUT2D eigenvalue weighted by molar-refractivity contribution is 0.208. The molecule has 0 unspecified atom stereocenters. The summed E-state index contributed by atoms with van der Waals surface area (Å²) in [6.45, 7) is 2.08. The first-order valence-corrected chi connectivity index (χ1v) is 7.92. The molecule has 2 aromatic carbocycles. The highest BCUT2D eigenvalue weighted by atomic mass is 35.5. The van der Waals surface area contributed by atoms with Crippen LogP contribution in [-0.2, 0) is 0 Å². The Morgan fingerprint density at radius 1 is 1.00 bits per heavy atom. The van der Waals surface area contributed by atoms with E-state index in [4.69, 9.17) is 11.6 Å². The molecule has 0 aliphatic carbocycles. The zero-order valence-corrected chi connectivity index (χ0v) is 13.6. The summed E-state index contributed by atoms with van der Waals surface area (Å²) in [5.41, 5.74) is 1.25. The molecule has 1 saturated heterocycles. The summed E-state index contributed by atoms with van der Waals surface area (Å²) in [6, 6.07) is 10.6. The smallest absolute Gasteiger partial charge is 0.321 e. The largest absolute Gasteiger partial charge is 0.368 e. The van der Waals surface area contributed by atoms with Crippen molar-refractivity contribution in [3.8, 4) is 0 Å². The number of nitrogens with zero attached hydrogens (tertiary/aromatic N) is 2. The summed E-state index contributed by atoms with van der Waals surface area (Å²) in [5.74, 6) is -1.73. The number of piperazine rings is 1. The number of carbonyl (C=O) groups excluding carboxylic acids is 1. The van der Waals surface area contributed by atoms with Crippen LogP contribution in [0.1, 0.15) is 0 Å². The first kappa shape index (κ1) is 16.5. The normalized spacial score (nSPS) is 14.6. The molecule has 3 rings (SSSR count). The molecule has 7 heteroatoms. The highest BCUT2D eigenvalue weighted by Gasteiger charge is 2.22. The summed E-state index contributed by atoms with van der Waals surface area (Å²) in [6.07, 6.45) is 0. The minimum absolute atomic E-state index is 0.206. The average Bonchev–Trinajstić information content (AvgIpc) is 2.57. The first-order valence-electron chi connectivity index (χ1n) is 7.54. The van der Waals surface area contributed by atoms with E-state index in [1.54, 1.807) is 35.2 Å². The number of benzene rings is 2. The lowest BCUT2D eigenvalue weighted by Gasteiger charge is -2.36. The SMILES string of the molecule is O=C(Nc1cccc(Cl)c1)N1CCN(c2ccc(F)c(F)c2)CC1. The van der Waals surface area contributed by atoms with Gasteiger partial charge >= 0.3 is 6.03 Å². The lowest BCUT2D eigenvalue weighted by atomic mass is 10.2. The number of rotatable bonds is 2. The Kier molecular flexibility index (Phi) is 4.85. The molecular weight excluding hydrogens is 336 g/mol. The van der Waals surface area contributed by atoms with Crippen molar-refractivity contribution in [2.24, 2.45) is 0 Å². The van der Waals surface area contributed by atoms with E-state index in [9.17, 15) is 13.6 Å². The van der Waals surface area contributed by atoms with Crippen LogP contribution in [-0.4, -0.2) is 37.1 Å². The van der Waals surface area contributed by atoms with E-state index >= 15 is 0 Å². The Morgan fingerprint density at radius 3 is 2.42 bits per heavy atom. The van der Waals surface area contributed by atoms with Crippen LogP contribution in [0.4, 0.5) is 25.0 Å². The fraction of sp³-hybridized carbons (Fsp3) is 0.235. The van der Waals surface area contributed by atoms with Crippen molar-refractivity contribution in [1.82, 2.24) is 4.90 Å². The van der Waals surface area contributed by atoms with Crippen LogP contribution in [0.25, 0.3) is 0 Å². The third kappa shape index (κ3) is 3.76. The van der Waals surface area contributed by atoms with E-state index in [1.165, 1.54) is 6.07 Å². The lowest BCUT2D eigenvalue weighted by Crippen LogP contribution is -2.50. The van der Waals surface area contributed by atoms with Crippen molar-refractivity contribution >= 4 is 29.0 Å². The summed E-state index contributed by atoms with van der Waals surface area (Å²) in [7, 11) is 0. The Labute approximate surface area is 143 Å². The Hall–Kier alpha value is -2.34. The monoisotopic (exact) mass is 351 g/mol. The second-order valence-electron chi connectivity index (χ2n) is 5.51. The van der Waals surface area contributed by atoms with Crippen LogP contribution >= 0.6 is 11.6 Å². The number of urea groups is 1. The second-order valence-corrected chi connectivity index (χ2v) is 5.95. The summed E-state index contributed by atoms with van der Waals surface area (Å²) in [5, 5.41) is 3.35. The summed E-state index contributed by atoms with van der Waals surface area (Å²) in [4.78, 5) is 15.9. The van der Waals surface area contributed by atoms with Gasteiger partial charge < -0.3 is 15.1 Å². The van der Waals surface area contributed by atoms with E-state index in [-0.39, 0.29) is 6.03 Å². The Balaban J connectivity index is 1.58. The maximum atomic E-state index is 13.3. The van der Waals surface area contributed by atoms with Crippen molar-refractivity contribution in [2.75, 3.05) is 36.4 Å². The van der Waals surface area contributed by atoms with E-state index in [0.29, 0.717) is 42.6 Å². The highest BCUT2D eigenvalue weighted by Crippen LogP contribution is 2.20. The van der Waals surface area contributed by atoms with Gasteiger partial charge in [-0.3, -0.25) is 0 Å².